The van der Waals surface area contributed by atoms with E-state index >= 15 is 0 Å². The van der Waals surface area contributed by atoms with Crippen molar-refractivity contribution in [3.8, 4) is 11.3 Å². The van der Waals surface area contributed by atoms with Crippen LogP contribution in [0, 0.1) is 17.5 Å². The smallest absolute Gasteiger partial charge is 0.293 e. The van der Waals surface area contributed by atoms with Crippen LogP contribution in [-0.4, -0.2) is 25.3 Å². The van der Waals surface area contributed by atoms with Gasteiger partial charge in [-0.3, -0.25) is 9.59 Å². The molecule has 7 nitrogen and oxygen atoms in total. The van der Waals surface area contributed by atoms with Crippen molar-refractivity contribution in [1.29, 1.82) is 0 Å². The summed E-state index contributed by atoms with van der Waals surface area (Å²) in [6.45, 7) is -0.439. The normalized spacial score (nSPS) is 11.0. The second-order valence-electron chi connectivity index (χ2n) is 6.14. The van der Waals surface area contributed by atoms with Crippen LogP contribution in [-0.2, 0) is 11.3 Å². The van der Waals surface area contributed by atoms with E-state index in [1.807, 2.05) is 0 Å². The number of halogens is 3. The Balaban J connectivity index is 1.58. The fraction of sp³-hybridized carbons (Fsp3) is 0.0526. The van der Waals surface area contributed by atoms with Gasteiger partial charge in [0.15, 0.2) is 11.6 Å². The molecule has 0 aliphatic heterocycles. The number of benzene rings is 2. The number of fused-ring (bicyclic) bond motifs is 1. The van der Waals surface area contributed by atoms with Crippen molar-refractivity contribution in [3.63, 3.8) is 0 Å². The van der Waals surface area contributed by atoms with E-state index < -0.39 is 35.5 Å². The molecule has 0 saturated heterocycles. The van der Waals surface area contributed by atoms with Crippen LogP contribution in [0.3, 0.4) is 0 Å². The zero-order chi connectivity index (χ0) is 20.5. The van der Waals surface area contributed by atoms with E-state index in [0.717, 1.165) is 16.8 Å². The van der Waals surface area contributed by atoms with Crippen LogP contribution in [0.2, 0.25) is 0 Å². The predicted molar refractivity (Wildman–Crippen MR) is 97.6 cm³/mol. The van der Waals surface area contributed by atoms with Crippen LogP contribution in [0.5, 0.6) is 0 Å². The van der Waals surface area contributed by atoms with Gasteiger partial charge in [0.1, 0.15) is 24.2 Å². The largest absolute Gasteiger partial charge is 0.324 e. The first-order valence-corrected chi connectivity index (χ1v) is 8.37. The molecule has 1 N–H and O–H groups in total. The summed E-state index contributed by atoms with van der Waals surface area (Å²) in [7, 11) is 0. The zero-order valence-corrected chi connectivity index (χ0v) is 14.6. The van der Waals surface area contributed by atoms with E-state index in [0.29, 0.717) is 11.3 Å². The van der Waals surface area contributed by atoms with Crippen LogP contribution in [0.4, 0.5) is 18.9 Å². The van der Waals surface area contributed by atoms with Crippen LogP contribution >= 0.6 is 0 Å². The van der Waals surface area contributed by atoms with Gasteiger partial charge in [0.2, 0.25) is 5.91 Å². The Bertz CT molecular complexity index is 1280. The number of hydrogen-bond acceptors (Lipinski definition) is 4. The van der Waals surface area contributed by atoms with Gasteiger partial charge in [-0.15, -0.1) is 0 Å². The maximum Gasteiger partial charge on any atom is 0.293 e. The summed E-state index contributed by atoms with van der Waals surface area (Å²) in [6, 6.07) is 10.0. The molecule has 10 heteroatoms. The second kappa shape index (κ2) is 7.23. The summed E-state index contributed by atoms with van der Waals surface area (Å²) < 4.78 is 41.4. The number of rotatable bonds is 4. The highest BCUT2D eigenvalue weighted by Crippen LogP contribution is 2.18. The zero-order valence-electron chi connectivity index (χ0n) is 14.6. The van der Waals surface area contributed by atoms with Crippen LogP contribution in [0.25, 0.3) is 16.8 Å². The second-order valence-corrected chi connectivity index (χ2v) is 6.14. The van der Waals surface area contributed by atoms with E-state index in [-0.39, 0.29) is 11.2 Å². The molecule has 2 aromatic carbocycles. The molecule has 0 atom stereocenters. The average molecular weight is 399 g/mol. The molecule has 0 spiro atoms. The highest BCUT2D eigenvalue weighted by molar-refractivity contribution is 5.90. The number of aromatic nitrogens is 4. The molecular formula is C19H12F3N5O2. The maximum absolute atomic E-state index is 13.2. The molecular weight excluding hydrogens is 387 g/mol. The highest BCUT2D eigenvalue weighted by atomic mass is 19.2. The number of anilines is 1. The van der Waals surface area contributed by atoms with Gasteiger partial charge in [0.05, 0.1) is 5.69 Å². The number of nitrogens with zero attached hydrogens (tertiary/aromatic N) is 4. The van der Waals surface area contributed by atoms with Gasteiger partial charge in [0.25, 0.3) is 5.56 Å². The first-order valence-electron chi connectivity index (χ1n) is 8.37. The Labute approximate surface area is 161 Å². The summed E-state index contributed by atoms with van der Waals surface area (Å²) >= 11 is 0. The molecule has 0 saturated carbocycles. The lowest BCUT2D eigenvalue weighted by Gasteiger charge is -2.07. The van der Waals surface area contributed by atoms with Crippen molar-refractivity contribution in [2.75, 3.05) is 5.32 Å². The van der Waals surface area contributed by atoms with Crippen molar-refractivity contribution < 1.29 is 18.0 Å². The van der Waals surface area contributed by atoms with E-state index in [2.05, 4.69) is 15.5 Å². The van der Waals surface area contributed by atoms with E-state index in [4.69, 9.17) is 0 Å². The molecule has 0 aliphatic carbocycles. The van der Waals surface area contributed by atoms with Crippen molar-refractivity contribution in [3.05, 3.63) is 82.7 Å². The van der Waals surface area contributed by atoms with E-state index in [1.54, 1.807) is 0 Å². The Hall–Kier alpha value is -3.95. The Morgan fingerprint density at radius 1 is 1.00 bits per heavy atom. The number of amides is 1. The van der Waals surface area contributed by atoms with Gasteiger partial charge in [-0.05, 0) is 42.5 Å². The number of hydrogen-bond donors (Lipinski definition) is 1. The molecule has 1 amide bonds. The summed E-state index contributed by atoms with van der Waals surface area (Å²) in [5.74, 6) is -3.18. The van der Waals surface area contributed by atoms with Crippen LogP contribution in [0.15, 0.2) is 59.7 Å². The Morgan fingerprint density at radius 3 is 2.48 bits per heavy atom. The molecule has 29 heavy (non-hydrogen) atoms. The number of carbonyl (C=O) groups is 1. The predicted octanol–water partition coefficient (Wildman–Crippen LogP) is 2.61. The Morgan fingerprint density at radius 2 is 1.76 bits per heavy atom. The van der Waals surface area contributed by atoms with Gasteiger partial charge in [-0.2, -0.15) is 10.2 Å². The average Bonchev–Trinajstić information content (AvgIpc) is 3.13. The molecule has 4 aromatic rings. The first kappa shape index (κ1) is 18.4. The molecule has 4 rings (SSSR count). The molecule has 0 fully saturated rings. The summed E-state index contributed by atoms with van der Waals surface area (Å²) in [5.41, 5.74) is 0.685. The lowest BCUT2D eigenvalue weighted by molar-refractivity contribution is -0.117. The van der Waals surface area contributed by atoms with Gasteiger partial charge in [0, 0.05) is 17.3 Å². The van der Waals surface area contributed by atoms with E-state index in [1.165, 1.54) is 47.2 Å². The van der Waals surface area contributed by atoms with E-state index in [9.17, 15) is 22.8 Å². The van der Waals surface area contributed by atoms with Gasteiger partial charge >= 0.3 is 0 Å². The molecule has 2 heterocycles. The van der Waals surface area contributed by atoms with Crippen molar-refractivity contribution in [2.24, 2.45) is 0 Å². The first-order chi connectivity index (χ1) is 13.9. The monoisotopic (exact) mass is 399 g/mol. The third-order valence-electron chi connectivity index (χ3n) is 4.13. The summed E-state index contributed by atoms with van der Waals surface area (Å²) in [4.78, 5) is 24.7. The molecule has 0 aliphatic rings. The summed E-state index contributed by atoms with van der Waals surface area (Å²) in [6.07, 6.45) is 1.26. The number of nitrogens with one attached hydrogen (secondary N) is 1. The van der Waals surface area contributed by atoms with Crippen molar-refractivity contribution >= 4 is 17.1 Å². The lowest BCUT2D eigenvalue weighted by Crippen LogP contribution is -2.30. The van der Waals surface area contributed by atoms with Crippen LogP contribution < -0.4 is 10.9 Å². The fourth-order valence-corrected chi connectivity index (χ4v) is 2.72. The number of carbonyl (C=O) groups excluding carboxylic acids is 1. The third-order valence-corrected chi connectivity index (χ3v) is 4.13. The lowest BCUT2D eigenvalue weighted by atomic mass is 10.1. The highest BCUT2D eigenvalue weighted by Gasteiger charge is 2.13. The SMILES string of the molecule is O=C(Cn1ncn2nc(-c3ccc(F)cc3)cc2c1=O)Nc1ccc(F)c(F)c1. The summed E-state index contributed by atoms with van der Waals surface area (Å²) in [5, 5.41) is 10.5. The molecule has 0 bridgehead atoms. The molecule has 2 aromatic heterocycles. The minimum Gasteiger partial charge on any atom is -0.324 e. The minimum atomic E-state index is -1.10. The fourth-order valence-electron chi connectivity index (χ4n) is 2.72. The van der Waals surface area contributed by atoms with Crippen molar-refractivity contribution in [1.82, 2.24) is 19.4 Å². The topological polar surface area (TPSA) is 81.3 Å². The standard InChI is InChI=1S/C19H12F3N5O2/c20-12-3-1-11(2-4-12)16-8-17-19(29)26(23-10-27(17)25-16)9-18(28)24-13-5-6-14(21)15(22)7-13/h1-8,10H,9H2,(H,24,28). The quantitative estimate of drug-likeness (QED) is 0.572. The van der Waals surface area contributed by atoms with Crippen molar-refractivity contribution in [2.45, 2.75) is 6.54 Å². The maximum atomic E-state index is 13.2. The van der Waals surface area contributed by atoms with Gasteiger partial charge in [-0.25, -0.2) is 22.4 Å². The molecule has 146 valence electrons. The molecule has 0 radical (unpaired) electrons. The van der Waals surface area contributed by atoms with Gasteiger partial charge in [-0.1, -0.05) is 0 Å². The molecule has 0 unspecified atom stereocenters. The Kier molecular flexibility index (Phi) is 4.59. The minimum absolute atomic E-state index is 0.0472. The third kappa shape index (κ3) is 3.72. The van der Waals surface area contributed by atoms with Crippen LogP contribution in [0.1, 0.15) is 0 Å². The van der Waals surface area contributed by atoms with Gasteiger partial charge < -0.3 is 5.32 Å².